The number of carbonyl (C=O) groups excluding carboxylic acids is 2. The third kappa shape index (κ3) is 4.33. The molecule has 2 aromatic carbocycles. The largest absolute Gasteiger partial charge is 0.495 e. The summed E-state index contributed by atoms with van der Waals surface area (Å²) in [6.07, 6.45) is 1.77. The zero-order valence-corrected chi connectivity index (χ0v) is 22.3. The van der Waals surface area contributed by atoms with Gasteiger partial charge in [-0.25, -0.2) is 4.79 Å². The van der Waals surface area contributed by atoms with Crippen molar-refractivity contribution in [1.29, 1.82) is 0 Å². The van der Waals surface area contributed by atoms with Gasteiger partial charge in [-0.3, -0.25) is 9.69 Å². The van der Waals surface area contributed by atoms with Crippen LogP contribution in [-0.4, -0.2) is 30.7 Å². The Bertz CT molecular complexity index is 1440. The standard InChI is InChI=1S/C29H29ClN2O4/c1-16-10-17(2)12-23(11-16)31-18(3)13-21(19(31)4)14-24-27(29(34)36-7)20(5)32(28(24)33)22-8-9-26(35-6)25(30)15-22/h8-15H,1-7H3/b24-14-. The number of anilines is 1. The molecule has 186 valence electrons. The Kier molecular flexibility index (Phi) is 6.83. The number of allylic oxidation sites excluding steroid dienone is 1. The Balaban J connectivity index is 1.85. The van der Waals surface area contributed by atoms with E-state index in [0.29, 0.717) is 22.2 Å². The van der Waals surface area contributed by atoms with Gasteiger partial charge in [0.2, 0.25) is 0 Å². The zero-order chi connectivity index (χ0) is 26.3. The van der Waals surface area contributed by atoms with Crippen molar-refractivity contribution in [3.8, 4) is 11.4 Å². The first-order valence-electron chi connectivity index (χ1n) is 11.5. The SMILES string of the molecule is COC(=O)C1=C(C)N(c2ccc(OC)c(Cl)c2)C(=O)/C1=C\c1cc(C)n(-c2cc(C)cc(C)c2)c1C. The van der Waals surface area contributed by atoms with Crippen LogP contribution >= 0.6 is 11.6 Å². The van der Waals surface area contributed by atoms with Gasteiger partial charge in [-0.15, -0.1) is 0 Å². The Hall–Kier alpha value is -3.77. The summed E-state index contributed by atoms with van der Waals surface area (Å²) in [5.41, 5.74) is 7.74. The van der Waals surface area contributed by atoms with E-state index in [-0.39, 0.29) is 17.1 Å². The van der Waals surface area contributed by atoms with Gasteiger partial charge < -0.3 is 14.0 Å². The molecule has 4 rings (SSSR count). The van der Waals surface area contributed by atoms with Gasteiger partial charge in [-0.2, -0.15) is 0 Å². The van der Waals surface area contributed by atoms with Crippen LogP contribution in [0.1, 0.15) is 35.0 Å². The van der Waals surface area contributed by atoms with Crippen LogP contribution in [0.5, 0.6) is 5.75 Å². The Morgan fingerprint density at radius 3 is 2.17 bits per heavy atom. The molecule has 36 heavy (non-hydrogen) atoms. The number of carbonyl (C=O) groups is 2. The van der Waals surface area contributed by atoms with Crippen molar-refractivity contribution in [2.75, 3.05) is 19.1 Å². The number of benzene rings is 2. The summed E-state index contributed by atoms with van der Waals surface area (Å²) < 4.78 is 12.4. The number of hydrogen-bond donors (Lipinski definition) is 0. The summed E-state index contributed by atoms with van der Waals surface area (Å²) in [6, 6.07) is 13.5. The molecule has 2 heterocycles. The van der Waals surface area contributed by atoms with Gasteiger partial charge >= 0.3 is 5.97 Å². The summed E-state index contributed by atoms with van der Waals surface area (Å²) >= 11 is 6.33. The van der Waals surface area contributed by atoms with Gasteiger partial charge in [0.1, 0.15) is 5.75 Å². The van der Waals surface area contributed by atoms with Crippen LogP contribution in [-0.2, 0) is 14.3 Å². The van der Waals surface area contributed by atoms with Gasteiger partial charge in [0.25, 0.3) is 5.91 Å². The summed E-state index contributed by atoms with van der Waals surface area (Å²) in [5.74, 6) is -0.404. The Morgan fingerprint density at radius 2 is 1.58 bits per heavy atom. The molecule has 0 bridgehead atoms. The molecule has 0 saturated carbocycles. The first-order chi connectivity index (χ1) is 17.1. The fraction of sp³-hybridized carbons (Fsp3) is 0.241. The van der Waals surface area contributed by atoms with Crippen LogP contribution in [0, 0.1) is 27.7 Å². The van der Waals surface area contributed by atoms with E-state index >= 15 is 0 Å². The average Bonchev–Trinajstić information content (AvgIpc) is 3.23. The molecule has 0 fully saturated rings. The second-order valence-electron chi connectivity index (χ2n) is 8.98. The number of rotatable bonds is 5. The average molecular weight is 505 g/mol. The van der Waals surface area contributed by atoms with Crippen LogP contribution in [0.4, 0.5) is 5.69 Å². The maximum Gasteiger partial charge on any atom is 0.340 e. The van der Waals surface area contributed by atoms with Gasteiger partial charge in [-0.1, -0.05) is 17.7 Å². The van der Waals surface area contributed by atoms with Gasteiger partial charge in [0.15, 0.2) is 0 Å². The molecule has 0 radical (unpaired) electrons. The van der Waals surface area contributed by atoms with Crippen LogP contribution in [0.2, 0.25) is 5.02 Å². The molecule has 0 N–H and O–H groups in total. The van der Waals surface area contributed by atoms with Crippen molar-refractivity contribution >= 4 is 35.2 Å². The lowest BCUT2D eigenvalue weighted by atomic mass is 10.0. The van der Waals surface area contributed by atoms with Crippen molar-refractivity contribution in [1.82, 2.24) is 4.57 Å². The topological polar surface area (TPSA) is 60.8 Å². The molecular formula is C29H29ClN2O4. The Morgan fingerprint density at radius 1 is 0.917 bits per heavy atom. The third-order valence-electron chi connectivity index (χ3n) is 6.42. The highest BCUT2D eigenvalue weighted by Crippen LogP contribution is 2.38. The van der Waals surface area contributed by atoms with Crippen molar-refractivity contribution in [3.05, 3.63) is 92.4 Å². The van der Waals surface area contributed by atoms with E-state index in [2.05, 4.69) is 36.6 Å². The van der Waals surface area contributed by atoms with Crippen LogP contribution in [0.15, 0.2) is 59.3 Å². The number of esters is 1. The highest BCUT2D eigenvalue weighted by Gasteiger charge is 2.38. The summed E-state index contributed by atoms with van der Waals surface area (Å²) in [7, 11) is 2.83. The minimum absolute atomic E-state index is 0.227. The number of ether oxygens (including phenoxy) is 2. The quantitative estimate of drug-likeness (QED) is 0.304. The molecule has 7 heteroatoms. The maximum absolute atomic E-state index is 13.7. The minimum atomic E-state index is -0.572. The predicted molar refractivity (Wildman–Crippen MR) is 143 cm³/mol. The van der Waals surface area contributed by atoms with E-state index in [4.69, 9.17) is 21.1 Å². The van der Waals surface area contributed by atoms with Crippen molar-refractivity contribution in [2.45, 2.75) is 34.6 Å². The summed E-state index contributed by atoms with van der Waals surface area (Å²) in [5, 5.41) is 0.365. The van der Waals surface area contributed by atoms with E-state index in [0.717, 1.165) is 22.6 Å². The fourth-order valence-corrected chi connectivity index (χ4v) is 5.10. The number of nitrogens with zero attached hydrogens (tertiary/aromatic N) is 2. The number of hydrogen-bond acceptors (Lipinski definition) is 4. The number of halogens is 1. The molecule has 6 nitrogen and oxygen atoms in total. The smallest absolute Gasteiger partial charge is 0.340 e. The minimum Gasteiger partial charge on any atom is -0.495 e. The van der Waals surface area contributed by atoms with Gasteiger partial charge in [0, 0.05) is 22.8 Å². The maximum atomic E-state index is 13.7. The number of aryl methyl sites for hydroxylation is 3. The summed E-state index contributed by atoms with van der Waals surface area (Å²) in [6.45, 7) is 9.90. The molecule has 1 amide bonds. The second-order valence-corrected chi connectivity index (χ2v) is 9.38. The van der Waals surface area contributed by atoms with Gasteiger partial charge in [-0.05, 0) is 93.8 Å². The van der Waals surface area contributed by atoms with Crippen molar-refractivity contribution in [3.63, 3.8) is 0 Å². The highest BCUT2D eigenvalue weighted by molar-refractivity contribution is 6.32. The molecular weight excluding hydrogens is 476 g/mol. The number of amides is 1. The van der Waals surface area contributed by atoms with Crippen LogP contribution < -0.4 is 9.64 Å². The first-order valence-corrected chi connectivity index (χ1v) is 11.9. The van der Waals surface area contributed by atoms with E-state index in [1.807, 2.05) is 19.9 Å². The van der Waals surface area contributed by atoms with Crippen LogP contribution in [0.25, 0.3) is 11.8 Å². The van der Waals surface area contributed by atoms with E-state index in [1.54, 1.807) is 31.2 Å². The second kappa shape index (κ2) is 9.70. The number of aromatic nitrogens is 1. The molecule has 0 saturated heterocycles. The lowest BCUT2D eigenvalue weighted by molar-refractivity contribution is -0.136. The zero-order valence-electron chi connectivity index (χ0n) is 21.5. The van der Waals surface area contributed by atoms with E-state index < -0.39 is 5.97 Å². The lowest BCUT2D eigenvalue weighted by Gasteiger charge is -2.19. The predicted octanol–water partition coefficient (Wildman–Crippen LogP) is 6.25. The normalized spacial score (nSPS) is 14.7. The van der Waals surface area contributed by atoms with Crippen LogP contribution in [0.3, 0.4) is 0 Å². The molecule has 1 aromatic heterocycles. The molecule has 0 aliphatic carbocycles. The lowest BCUT2D eigenvalue weighted by Crippen LogP contribution is -2.24. The van der Waals surface area contributed by atoms with E-state index in [9.17, 15) is 9.59 Å². The van der Waals surface area contributed by atoms with Crippen molar-refractivity contribution < 1.29 is 19.1 Å². The van der Waals surface area contributed by atoms with Crippen molar-refractivity contribution in [2.24, 2.45) is 0 Å². The third-order valence-corrected chi connectivity index (χ3v) is 6.71. The Labute approximate surface area is 216 Å². The van der Waals surface area contributed by atoms with E-state index in [1.165, 1.54) is 30.2 Å². The molecule has 3 aromatic rings. The molecule has 1 aliphatic rings. The molecule has 0 atom stereocenters. The highest BCUT2D eigenvalue weighted by atomic mass is 35.5. The fourth-order valence-electron chi connectivity index (χ4n) is 4.85. The molecule has 0 unspecified atom stereocenters. The first kappa shape index (κ1) is 25.3. The molecule has 0 spiro atoms. The molecule has 1 aliphatic heterocycles. The van der Waals surface area contributed by atoms with Gasteiger partial charge in [0.05, 0.1) is 36.1 Å². The monoisotopic (exact) mass is 504 g/mol. The summed E-state index contributed by atoms with van der Waals surface area (Å²) in [4.78, 5) is 28.0. The number of methoxy groups -OCH3 is 2.